The van der Waals surface area contributed by atoms with Crippen LogP contribution in [-0.2, 0) is 0 Å². The fourth-order valence-corrected chi connectivity index (χ4v) is 7.89. The van der Waals surface area contributed by atoms with E-state index in [1.54, 1.807) is 0 Å². The average molecular weight is 663 g/mol. The maximum atomic E-state index is 2.45. The Kier molecular flexibility index (Phi) is 7.18. The van der Waals surface area contributed by atoms with E-state index in [0.717, 1.165) is 17.1 Å². The number of para-hydroxylation sites is 2. The van der Waals surface area contributed by atoms with Crippen molar-refractivity contribution in [3.63, 3.8) is 0 Å². The van der Waals surface area contributed by atoms with Gasteiger partial charge < -0.3 is 9.47 Å². The van der Waals surface area contributed by atoms with Gasteiger partial charge in [-0.15, -0.1) is 0 Å². The lowest BCUT2D eigenvalue weighted by atomic mass is 9.99. The molecule has 0 saturated heterocycles. The number of nitrogens with zero attached hydrogens (tertiary/aromatic N) is 2. The summed E-state index contributed by atoms with van der Waals surface area (Å²) in [5.41, 5.74) is 11.6. The normalized spacial score (nSPS) is 11.5. The monoisotopic (exact) mass is 662 g/mol. The third kappa shape index (κ3) is 5.04. The van der Waals surface area contributed by atoms with Gasteiger partial charge in [0.25, 0.3) is 0 Å². The molecule has 10 aromatic rings. The molecule has 2 nitrogen and oxygen atoms in total. The molecule has 0 fully saturated rings. The minimum Gasteiger partial charge on any atom is -0.310 e. The lowest BCUT2D eigenvalue weighted by molar-refractivity contribution is 1.19. The molecule has 0 atom stereocenters. The Bertz CT molecular complexity index is 2900. The van der Waals surface area contributed by atoms with E-state index in [4.69, 9.17) is 0 Å². The predicted octanol–water partition coefficient (Wildman–Crippen LogP) is 13.9. The molecule has 0 saturated carbocycles. The molecule has 10 rings (SSSR count). The summed E-state index contributed by atoms with van der Waals surface area (Å²) in [5.74, 6) is 0. The molecule has 0 N–H and O–H groups in total. The zero-order valence-electron chi connectivity index (χ0n) is 28.5. The lowest BCUT2D eigenvalue weighted by Crippen LogP contribution is -2.11. The Labute approximate surface area is 303 Å². The minimum atomic E-state index is 1.10. The van der Waals surface area contributed by atoms with Crippen LogP contribution in [0.2, 0.25) is 0 Å². The summed E-state index contributed by atoms with van der Waals surface area (Å²) in [6.07, 6.45) is 0. The van der Waals surface area contributed by atoms with Crippen LogP contribution in [0.4, 0.5) is 17.1 Å². The van der Waals surface area contributed by atoms with E-state index < -0.39 is 0 Å². The smallest absolute Gasteiger partial charge is 0.0562 e. The summed E-state index contributed by atoms with van der Waals surface area (Å²) in [6.45, 7) is 0. The van der Waals surface area contributed by atoms with E-state index >= 15 is 0 Å². The maximum absolute atomic E-state index is 2.45. The Morgan fingerprint density at radius 1 is 0.327 bits per heavy atom. The second-order valence-electron chi connectivity index (χ2n) is 13.4. The van der Waals surface area contributed by atoms with Gasteiger partial charge in [0, 0.05) is 33.1 Å². The SMILES string of the molecule is c1ccc(-c2ccccc2N(c2ccc(-c3ccc4ccccc4c3)cc2)c2ccc3c4ccccc4n(-c4cccc5ccccc45)c3c2)cc1. The molecule has 244 valence electrons. The summed E-state index contributed by atoms with van der Waals surface area (Å²) in [4.78, 5) is 2.41. The highest BCUT2D eigenvalue weighted by Gasteiger charge is 2.20. The Morgan fingerprint density at radius 2 is 0.962 bits per heavy atom. The topological polar surface area (TPSA) is 8.17 Å². The quantitative estimate of drug-likeness (QED) is 0.172. The van der Waals surface area contributed by atoms with Crippen LogP contribution in [0, 0.1) is 0 Å². The summed E-state index contributed by atoms with van der Waals surface area (Å²) >= 11 is 0. The highest BCUT2D eigenvalue weighted by Crippen LogP contribution is 2.44. The fraction of sp³-hybridized carbons (Fsp3) is 0. The number of hydrogen-bond donors (Lipinski definition) is 0. The molecular weight excluding hydrogens is 629 g/mol. The number of fused-ring (bicyclic) bond motifs is 5. The Morgan fingerprint density at radius 3 is 1.83 bits per heavy atom. The van der Waals surface area contributed by atoms with E-state index in [-0.39, 0.29) is 0 Å². The van der Waals surface area contributed by atoms with E-state index in [1.165, 1.54) is 71.3 Å². The summed E-state index contributed by atoms with van der Waals surface area (Å²) in [5, 5.41) is 7.43. The van der Waals surface area contributed by atoms with Gasteiger partial charge in [0.15, 0.2) is 0 Å². The van der Waals surface area contributed by atoms with Crippen molar-refractivity contribution in [2.24, 2.45) is 0 Å². The molecule has 0 aliphatic carbocycles. The molecule has 0 bridgehead atoms. The van der Waals surface area contributed by atoms with Crippen LogP contribution in [0.15, 0.2) is 206 Å². The Balaban J connectivity index is 1.20. The first kappa shape index (κ1) is 30.0. The molecule has 0 radical (unpaired) electrons. The van der Waals surface area contributed by atoms with Crippen LogP contribution in [0.25, 0.3) is 71.3 Å². The van der Waals surface area contributed by atoms with E-state index in [9.17, 15) is 0 Å². The van der Waals surface area contributed by atoms with Crippen molar-refractivity contribution in [3.05, 3.63) is 206 Å². The fourth-order valence-electron chi connectivity index (χ4n) is 7.89. The van der Waals surface area contributed by atoms with Gasteiger partial charge in [-0.05, 0) is 81.4 Å². The van der Waals surface area contributed by atoms with Gasteiger partial charge >= 0.3 is 0 Å². The second-order valence-corrected chi connectivity index (χ2v) is 13.4. The van der Waals surface area contributed by atoms with E-state index in [2.05, 4.69) is 216 Å². The van der Waals surface area contributed by atoms with E-state index in [1.807, 2.05) is 0 Å². The number of benzene rings is 9. The van der Waals surface area contributed by atoms with Gasteiger partial charge in [0.05, 0.1) is 22.4 Å². The summed E-state index contributed by atoms with van der Waals surface area (Å²) in [6, 6.07) is 74.7. The van der Waals surface area contributed by atoms with Gasteiger partial charge in [0.2, 0.25) is 0 Å². The highest BCUT2D eigenvalue weighted by atomic mass is 15.1. The summed E-state index contributed by atoms with van der Waals surface area (Å²) < 4.78 is 2.45. The minimum absolute atomic E-state index is 1.10. The molecule has 2 heteroatoms. The maximum Gasteiger partial charge on any atom is 0.0562 e. The third-order valence-electron chi connectivity index (χ3n) is 10.4. The first-order valence-electron chi connectivity index (χ1n) is 17.9. The number of anilines is 3. The lowest BCUT2D eigenvalue weighted by Gasteiger charge is -2.28. The van der Waals surface area contributed by atoms with Gasteiger partial charge in [-0.2, -0.15) is 0 Å². The summed E-state index contributed by atoms with van der Waals surface area (Å²) in [7, 11) is 0. The zero-order valence-corrected chi connectivity index (χ0v) is 28.5. The van der Waals surface area contributed by atoms with Crippen LogP contribution < -0.4 is 4.90 Å². The molecule has 1 heterocycles. The first-order valence-corrected chi connectivity index (χ1v) is 17.9. The largest absolute Gasteiger partial charge is 0.310 e. The highest BCUT2D eigenvalue weighted by molar-refractivity contribution is 6.12. The van der Waals surface area contributed by atoms with Gasteiger partial charge in [0.1, 0.15) is 0 Å². The molecule has 9 aromatic carbocycles. The van der Waals surface area contributed by atoms with Crippen LogP contribution >= 0.6 is 0 Å². The third-order valence-corrected chi connectivity index (χ3v) is 10.4. The van der Waals surface area contributed by atoms with Crippen LogP contribution in [0.5, 0.6) is 0 Å². The molecule has 52 heavy (non-hydrogen) atoms. The van der Waals surface area contributed by atoms with Gasteiger partial charge in [-0.25, -0.2) is 0 Å². The van der Waals surface area contributed by atoms with E-state index in [0.29, 0.717) is 0 Å². The molecule has 0 aliphatic heterocycles. The standard InChI is InChI=1S/C50H34N2/c1-2-14-37(15-3-1)43-20-8-10-22-47(43)51(41-29-27-36(28-30-41)40-26-25-35-13-4-5-17-39(35)33-40)42-31-32-46-45-21-9-11-23-49(45)52(50(46)34-42)48-24-12-18-38-16-6-7-19-44(38)48/h1-34H. The number of rotatable bonds is 6. The zero-order chi connectivity index (χ0) is 34.4. The van der Waals surface area contributed by atoms with Crippen LogP contribution in [0.3, 0.4) is 0 Å². The van der Waals surface area contributed by atoms with Crippen molar-refractivity contribution < 1.29 is 0 Å². The second kappa shape index (κ2) is 12.5. The molecule has 0 unspecified atom stereocenters. The number of aromatic nitrogens is 1. The van der Waals surface area contributed by atoms with Crippen LogP contribution in [0.1, 0.15) is 0 Å². The first-order chi connectivity index (χ1) is 25.8. The number of hydrogen-bond acceptors (Lipinski definition) is 1. The van der Waals surface area contributed by atoms with Crippen molar-refractivity contribution in [1.82, 2.24) is 4.57 Å². The van der Waals surface area contributed by atoms with Crippen molar-refractivity contribution in [3.8, 4) is 27.9 Å². The van der Waals surface area contributed by atoms with Crippen LogP contribution in [-0.4, -0.2) is 4.57 Å². The molecule has 0 spiro atoms. The molecule has 0 aliphatic rings. The van der Waals surface area contributed by atoms with Crippen molar-refractivity contribution in [1.29, 1.82) is 0 Å². The predicted molar refractivity (Wildman–Crippen MR) is 221 cm³/mol. The average Bonchev–Trinajstić information content (AvgIpc) is 3.55. The van der Waals surface area contributed by atoms with Crippen molar-refractivity contribution >= 4 is 60.4 Å². The van der Waals surface area contributed by atoms with Crippen molar-refractivity contribution in [2.45, 2.75) is 0 Å². The van der Waals surface area contributed by atoms with Gasteiger partial charge in [-0.1, -0.05) is 158 Å². The Hall–Kier alpha value is -6.90. The molecule has 0 amide bonds. The van der Waals surface area contributed by atoms with Gasteiger partial charge in [-0.3, -0.25) is 0 Å². The molecule has 1 aromatic heterocycles. The molecular formula is C50H34N2. The van der Waals surface area contributed by atoms with Crippen molar-refractivity contribution in [2.75, 3.05) is 4.90 Å².